The van der Waals surface area contributed by atoms with Crippen LogP contribution in [0.3, 0.4) is 0 Å². The molecule has 1 atom stereocenters. The van der Waals surface area contributed by atoms with Crippen LogP contribution in [0.1, 0.15) is 19.4 Å². The molecule has 0 aliphatic rings. The van der Waals surface area contributed by atoms with Gasteiger partial charge in [-0.1, -0.05) is 48.5 Å². The molecule has 0 aliphatic heterocycles. The van der Waals surface area contributed by atoms with Crippen molar-refractivity contribution in [1.82, 2.24) is 5.32 Å². The first-order chi connectivity index (χ1) is 11.1. The van der Waals surface area contributed by atoms with E-state index in [1.165, 1.54) is 0 Å². The zero-order chi connectivity index (χ0) is 16.7. The van der Waals surface area contributed by atoms with Crippen LogP contribution in [0.15, 0.2) is 70.5 Å². The van der Waals surface area contributed by atoms with Crippen molar-refractivity contribution in [3.05, 3.63) is 71.1 Å². The number of hydrogen-bond donors (Lipinski definition) is 1. The van der Waals surface area contributed by atoms with E-state index in [0.717, 1.165) is 5.56 Å². The first-order valence-electron chi connectivity index (χ1n) is 7.30. The van der Waals surface area contributed by atoms with Gasteiger partial charge in [-0.05, 0) is 31.5 Å². The minimum absolute atomic E-state index is 0.273. The maximum atomic E-state index is 12.8. The molecule has 2 aromatic carbocycles. The molecule has 0 aromatic heterocycles. The van der Waals surface area contributed by atoms with Crippen molar-refractivity contribution in [1.29, 1.82) is 0 Å². The van der Waals surface area contributed by atoms with Crippen LogP contribution in [-0.4, -0.2) is 16.9 Å². The van der Waals surface area contributed by atoms with Crippen LogP contribution < -0.4 is 5.32 Å². The van der Waals surface area contributed by atoms with Gasteiger partial charge in [0.25, 0.3) is 0 Å². The molecule has 0 aliphatic carbocycles. The number of carbonyl (C=O) groups excluding carboxylic acids is 1. The number of benzene rings is 2. The van der Waals surface area contributed by atoms with Crippen LogP contribution in [0.2, 0.25) is 0 Å². The molecule has 0 radical (unpaired) electrons. The summed E-state index contributed by atoms with van der Waals surface area (Å²) in [6.45, 7) is 3.76. The maximum Gasteiger partial charge on any atom is 0.411 e. The van der Waals surface area contributed by atoms with E-state index in [1.807, 2.05) is 48.5 Å². The minimum Gasteiger partial charge on any atom is -0.450 e. The van der Waals surface area contributed by atoms with Crippen molar-refractivity contribution < 1.29 is 13.7 Å². The summed E-state index contributed by atoms with van der Waals surface area (Å²) >= 11 is 0. The van der Waals surface area contributed by atoms with Crippen LogP contribution in [0.4, 0.5) is 4.79 Å². The second-order valence-electron chi connectivity index (χ2n) is 4.72. The van der Waals surface area contributed by atoms with Crippen LogP contribution in [-0.2, 0) is 15.5 Å². The summed E-state index contributed by atoms with van der Waals surface area (Å²) in [4.78, 5) is 13.1. The third-order valence-corrected chi connectivity index (χ3v) is 4.61. The van der Waals surface area contributed by atoms with E-state index in [0.29, 0.717) is 15.5 Å². The summed E-state index contributed by atoms with van der Waals surface area (Å²) in [6.07, 6.45) is -0.559. The van der Waals surface area contributed by atoms with E-state index >= 15 is 0 Å². The molecule has 0 fully saturated rings. The van der Waals surface area contributed by atoms with Crippen LogP contribution >= 0.6 is 0 Å². The Morgan fingerprint density at radius 2 is 1.61 bits per heavy atom. The second kappa shape index (κ2) is 8.29. The van der Waals surface area contributed by atoms with Gasteiger partial charge in [0.1, 0.15) is 0 Å². The number of alkyl carbamates (subject to hydrolysis) is 1. The fourth-order valence-corrected chi connectivity index (χ4v) is 3.16. The first kappa shape index (κ1) is 17.0. The number of hydrogen-bond acceptors (Lipinski definition) is 3. The van der Waals surface area contributed by atoms with E-state index in [2.05, 4.69) is 5.32 Å². The van der Waals surface area contributed by atoms with Gasteiger partial charge >= 0.3 is 6.09 Å². The molecule has 1 N–H and O–H groups in total. The summed E-state index contributed by atoms with van der Waals surface area (Å²) in [5.74, 6) is 0. The Bertz CT molecular complexity index is 712. The predicted octanol–water partition coefficient (Wildman–Crippen LogP) is 3.93. The van der Waals surface area contributed by atoms with Crippen molar-refractivity contribution in [2.24, 2.45) is 0 Å². The predicted molar refractivity (Wildman–Crippen MR) is 92.0 cm³/mol. The Kier molecular flexibility index (Phi) is 6.11. The van der Waals surface area contributed by atoms with Crippen molar-refractivity contribution >= 4 is 22.6 Å². The molecule has 5 heteroatoms. The molecular weight excluding hydrogens is 310 g/mol. The number of rotatable bonds is 5. The molecule has 120 valence electrons. The van der Waals surface area contributed by atoms with Crippen LogP contribution in [0.5, 0.6) is 0 Å². The van der Waals surface area contributed by atoms with Gasteiger partial charge in [-0.2, -0.15) is 0 Å². The largest absolute Gasteiger partial charge is 0.450 e. The Morgan fingerprint density at radius 1 is 1.04 bits per heavy atom. The molecule has 0 bridgehead atoms. The number of carbonyl (C=O) groups is 1. The summed E-state index contributed by atoms with van der Waals surface area (Å²) in [7, 11) is -1.37. The summed E-state index contributed by atoms with van der Waals surface area (Å²) < 4.78 is 17.7. The van der Waals surface area contributed by atoms with E-state index in [4.69, 9.17) is 4.74 Å². The minimum atomic E-state index is -1.37. The van der Waals surface area contributed by atoms with Crippen LogP contribution in [0.25, 0.3) is 5.70 Å². The van der Waals surface area contributed by atoms with Gasteiger partial charge in [0, 0.05) is 9.80 Å². The quantitative estimate of drug-likeness (QED) is 0.904. The number of amides is 1. The SMILES string of the molecule is CCOC(=O)N/C(=C(\C)S(=O)c1ccccc1)c1ccccc1. The smallest absolute Gasteiger partial charge is 0.411 e. The van der Waals surface area contributed by atoms with E-state index in [9.17, 15) is 9.00 Å². The highest BCUT2D eigenvalue weighted by Crippen LogP contribution is 2.22. The second-order valence-corrected chi connectivity index (χ2v) is 6.35. The molecule has 2 aromatic rings. The zero-order valence-electron chi connectivity index (χ0n) is 13.1. The van der Waals surface area contributed by atoms with Crippen molar-refractivity contribution in [3.63, 3.8) is 0 Å². The van der Waals surface area contributed by atoms with Crippen molar-refractivity contribution in [2.75, 3.05) is 6.61 Å². The van der Waals surface area contributed by atoms with Crippen molar-refractivity contribution in [3.8, 4) is 0 Å². The third kappa shape index (κ3) is 4.53. The van der Waals surface area contributed by atoms with Crippen molar-refractivity contribution in [2.45, 2.75) is 18.7 Å². The van der Waals surface area contributed by atoms with Gasteiger partial charge in [0.05, 0.1) is 23.1 Å². The summed E-state index contributed by atoms with van der Waals surface area (Å²) in [6, 6.07) is 18.5. The Balaban J connectivity index is 2.42. The molecule has 0 heterocycles. The number of nitrogens with one attached hydrogen (secondary N) is 1. The molecule has 4 nitrogen and oxygen atoms in total. The van der Waals surface area contributed by atoms with Crippen LogP contribution in [0, 0.1) is 0 Å². The molecule has 1 amide bonds. The average Bonchev–Trinajstić information content (AvgIpc) is 2.60. The highest BCUT2D eigenvalue weighted by molar-refractivity contribution is 7.89. The lowest BCUT2D eigenvalue weighted by atomic mass is 10.1. The molecule has 0 spiro atoms. The first-order valence-corrected chi connectivity index (χ1v) is 8.45. The molecule has 0 saturated carbocycles. The van der Waals surface area contributed by atoms with Gasteiger partial charge < -0.3 is 4.74 Å². The Morgan fingerprint density at radius 3 is 2.17 bits per heavy atom. The van der Waals surface area contributed by atoms with Gasteiger partial charge in [-0.3, -0.25) is 5.32 Å². The summed E-state index contributed by atoms with van der Waals surface area (Å²) in [5.41, 5.74) is 1.29. The Labute approximate surface area is 138 Å². The normalized spacial score (nSPS) is 13.0. The molecule has 1 unspecified atom stereocenters. The monoisotopic (exact) mass is 329 g/mol. The lowest BCUT2D eigenvalue weighted by molar-refractivity contribution is 0.157. The lowest BCUT2D eigenvalue weighted by Crippen LogP contribution is -2.24. The van der Waals surface area contributed by atoms with E-state index < -0.39 is 16.9 Å². The van der Waals surface area contributed by atoms with E-state index in [-0.39, 0.29) is 6.61 Å². The highest BCUT2D eigenvalue weighted by atomic mass is 32.2. The van der Waals surface area contributed by atoms with E-state index in [1.54, 1.807) is 26.0 Å². The number of ether oxygens (including phenoxy) is 1. The van der Waals surface area contributed by atoms with Gasteiger partial charge in [0.2, 0.25) is 0 Å². The fraction of sp³-hybridized carbons (Fsp3) is 0.167. The molecule has 0 saturated heterocycles. The van der Waals surface area contributed by atoms with Gasteiger partial charge in [-0.15, -0.1) is 0 Å². The average molecular weight is 329 g/mol. The molecule has 2 rings (SSSR count). The molecular formula is C18H19NO3S. The fourth-order valence-electron chi connectivity index (χ4n) is 2.05. The number of allylic oxidation sites excluding steroid dienone is 1. The lowest BCUT2D eigenvalue weighted by Gasteiger charge is -2.14. The Hall–Kier alpha value is -2.40. The highest BCUT2D eigenvalue weighted by Gasteiger charge is 2.16. The zero-order valence-corrected chi connectivity index (χ0v) is 13.9. The summed E-state index contributed by atoms with van der Waals surface area (Å²) in [5, 5.41) is 2.71. The topological polar surface area (TPSA) is 55.4 Å². The standard InChI is InChI=1S/C18H19NO3S/c1-3-22-18(20)19-17(15-10-6-4-7-11-15)14(2)23(21)16-12-8-5-9-13-16/h4-13H,3H2,1-2H3,(H,19,20)/b17-14+. The third-order valence-electron chi connectivity index (χ3n) is 3.15. The van der Waals surface area contributed by atoms with Gasteiger partial charge in [0.15, 0.2) is 0 Å². The molecule has 23 heavy (non-hydrogen) atoms. The van der Waals surface area contributed by atoms with Gasteiger partial charge in [-0.25, -0.2) is 9.00 Å². The maximum absolute atomic E-state index is 12.8.